The van der Waals surface area contributed by atoms with Gasteiger partial charge in [-0.2, -0.15) is 0 Å². The van der Waals surface area contributed by atoms with Gasteiger partial charge in [-0.05, 0) is 52.3 Å². The number of hydrogen-bond acceptors (Lipinski definition) is 1. The normalized spacial score (nSPS) is 12.7. The molecule has 16 heavy (non-hydrogen) atoms. The summed E-state index contributed by atoms with van der Waals surface area (Å²) >= 11 is 7.00. The van der Waals surface area contributed by atoms with Crippen molar-refractivity contribution in [3.63, 3.8) is 0 Å². The van der Waals surface area contributed by atoms with E-state index in [4.69, 9.17) is 4.43 Å². The second kappa shape index (κ2) is 4.82. The van der Waals surface area contributed by atoms with Crippen molar-refractivity contribution >= 4 is 40.2 Å². The molecule has 0 aliphatic heterocycles. The standard InChI is InChI=1S/C12H18Br2OSi/c1-12(2,3)16(4,5)15-11-8-9(13)6-7-10(11)14/h6-8H,1-5H3. The van der Waals surface area contributed by atoms with E-state index in [1.54, 1.807) is 0 Å². The molecule has 90 valence electrons. The fourth-order valence-corrected chi connectivity index (χ4v) is 2.83. The van der Waals surface area contributed by atoms with E-state index in [1.165, 1.54) is 0 Å². The Kier molecular flexibility index (Phi) is 4.30. The molecule has 0 N–H and O–H groups in total. The van der Waals surface area contributed by atoms with E-state index >= 15 is 0 Å². The fourth-order valence-electron chi connectivity index (χ4n) is 0.983. The van der Waals surface area contributed by atoms with Gasteiger partial charge in [-0.15, -0.1) is 0 Å². The van der Waals surface area contributed by atoms with Gasteiger partial charge in [0.2, 0.25) is 0 Å². The predicted molar refractivity (Wildman–Crippen MR) is 79.7 cm³/mol. The summed E-state index contributed by atoms with van der Waals surface area (Å²) in [6.07, 6.45) is 0. The highest BCUT2D eigenvalue weighted by atomic mass is 79.9. The fraction of sp³-hybridized carbons (Fsp3) is 0.500. The van der Waals surface area contributed by atoms with Crippen LogP contribution in [0.3, 0.4) is 0 Å². The first-order valence-corrected chi connectivity index (χ1v) is 9.77. The third-order valence-corrected chi connectivity index (χ3v) is 8.56. The molecule has 0 aliphatic carbocycles. The Morgan fingerprint density at radius 1 is 1.12 bits per heavy atom. The molecule has 1 nitrogen and oxygen atoms in total. The summed E-state index contributed by atoms with van der Waals surface area (Å²) in [6.45, 7) is 11.2. The Morgan fingerprint density at radius 2 is 1.69 bits per heavy atom. The van der Waals surface area contributed by atoms with Crippen molar-refractivity contribution in [1.29, 1.82) is 0 Å². The third kappa shape index (κ3) is 3.34. The van der Waals surface area contributed by atoms with Crippen LogP contribution in [0, 0.1) is 0 Å². The number of rotatable bonds is 2. The summed E-state index contributed by atoms with van der Waals surface area (Å²) in [5.74, 6) is 0.931. The molecule has 1 aromatic rings. The lowest BCUT2D eigenvalue weighted by Crippen LogP contribution is -2.43. The maximum absolute atomic E-state index is 6.24. The predicted octanol–water partition coefficient (Wildman–Crippen LogP) is 5.60. The first kappa shape index (κ1) is 14.3. The zero-order valence-electron chi connectivity index (χ0n) is 10.4. The number of hydrogen-bond donors (Lipinski definition) is 0. The van der Waals surface area contributed by atoms with Gasteiger partial charge in [0.15, 0.2) is 0 Å². The minimum absolute atomic E-state index is 0.217. The summed E-state index contributed by atoms with van der Waals surface area (Å²) in [5.41, 5.74) is 0. The lowest BCUT2D eigenvalue weighted by molar-refractivity contribution is 0.489. The van der Waals surface area contributed by atoms with E-state index in [9.17, 15) is 0 Å². The monoisotopic (exact) mass is 364 g/mol. The molecule has 1 aromatic carbocycles. The van der Waals surface area contributed by atoms with Crippen molar-refractivity contribution in [2.45, 2.75) is 38.9 Å². The average molecular weight is 366 g/mol. The molecule has 0 amide bonds. The molecule has 0 saturated carbocycles. The third-order valence-electron chi connectivity index (χ3n) is 3.06. The summed E-state index contributed by atoms with van der Waals surface area (Å²) in [6, 6.07) is 6.03. The average Bonchev–Trinajstić information content (AvgIpc) is 2.09. The van der Waals surface area contributed by atoms with Crippen molar-refractivity contribution < 1.29 is 4.43 Å². The zero-order valence-corrected chi connectivity index (χ0v) is 14.6. The molecular weight excluding hydrogens is 348 g/mol. The number of halogens is 2. The Bertz CT molecular complexity index is 383. The molecule has 0 aliphatic rings. The molecule has 0 atom stereocenters. The van der Waals surface area contributed by atoms with Gasteiger partial charge in [-0.1, -0.05) is 36.7 Å². The van der Waals surface area contributed by atoms with Gasteiger partial charge in [0, 0.05) is 4.47 Å². The van der Waals surface area contributed by atoms with Crippen LogP contribution in [0.5, 0.6) is 5.75 Å². The maximum Gasteiger partial charge on any atom is 0.250 e. The molecule has 4 heteroatoms. The minimum atomic E-state index is -1.75. The van der Waals surface area contributed by atoms with E-state index in [-0.39, 0.29) is 5.04 Å². The van der Waals surface area contributed by atoms with Crippen LogP contribution >= 0.6 is 31.9 Å². The SMILES string of the molecule is CC(C)(C)[Si](C)(C)Oc1cc(Br)ccc1Br. The van der Waals surface area contributed by atoms with Crippen LogP contribution in [-0.2, 0) is 0 Å². The largest absolute Gasteiger partial charge is 0.543 e. The lowest BCUT2D eigenvalue weighted by Gasteiger charge is -2.36. The van der Waals surface area contributed by atoms with Crippen LogP contribution < -0.4 is 4.43 Å². The molecule has 0 spiro atoms. The molecule has 0 bridgehead atoms. The van der Waals surface area contributed by atoms with Gasteiger partial charge in [0.05, 0.1) is 4.47 Å². The van der Waals surface area contributed by atoms with Gasteiger partial charge in [0.25, 0.3) is 8.32 Å². The minimum Gasteiger partial charge on any atom is -0.543 e. The molecule has 0 radical (unpaired) electrons. The molecular formula is C12H18Br2OSi. The van der Waals surface area contributed by atoms with E-state index in [0.717, 1.165) is 14.7 Å². The van der Waals surface area contributed by atoms with Gasteiger partial charge >= 0.3 is 0 Å². The molecule has 0 heterocycles. The highest BCUT2D eigenvalue weighted by Crippen LogP contribution is 2.39. The molecule has 0 fully saturated rings. The first-order chi connectivity index (χ1) is 7.13. The summed E-state index contributed by atoms with van der Waals surface area (Å²) in [7, 11) is -1.75. The zero-order chi connectivity index (χ0) is 12.6. The van der Waals surface area contributed by atoms with Crippen LogP contribution in [0.25, 0.3) is 0 Å². The Labute approximate surface area is 116 Å². The summed E-state index contributed by atoms with van der Waals surface area (Å²) in [4.78, 5) is 0. The van der Waals surface area contributed by atoms with Crippen LogP contribution in [0.15, 0.2) is 27.1 Å². The van der Waals surface area contributed by atoms with E-state index in [0.29, 0.717) is 0 Å². The van der Waals surface area contributed by atoms with E-state index in [2.05, 4.69) is 65.7 Å². The van der Waals surface area contributed by atoms with Gasteiger partial charge in [-0.25, -0.2) is 0 Å². The van der Waals surface area contributed by atoms with Crippen molar-refractivity contribution in [2.75, 3.05) is 0 Å². The Hall–Kier alpha value is 0.197. The molecule has 0 aromatic heterocycles. The van der Waals surface area contributed by atoms with Crippen LogP contribution in [0.1, 0.15) is 20.8 Å². The van der Waals surface area contributed by atoms with Crippen molar-refractivity contribution in [1.82, 2.24) is 0 Å². The van der Waals surface area contributed by atoms with E-state index in [1.807, 2.05) is 18.2 Å². The van der Waals surface area contributed by atoms with Crippen LogP contribution in [0.2, 0.25) is 18.1 Å². The molecule has 1 rings (SSSR count). The van der Waals surface area contributed by atoms with Gasteiger partial charge in [0.1, 0.15) is 5.75 Å². The molecule has 0 unspecified atom stereocenters. The highest BCUT2D eigenvalue weighted by Gasteiger charge is 2.39. The topological polar surface area (TPSA) is 9.23 Å². The van der Waals surface area contributed by atoms with Crippen molar-refractivity contribution in [3.8, 4) is 5.75 Å². The van der Waals surface area contributed by atoms with Gasteiger partial charge < -0.3 is 4.43 Å². The smallest absolute Gasteiger partial charge is 0.250 e. The van der Waals surface area contributed by atoms with Gasteiger partial charge in [-0.3, -0.25) is 0 Å². The second-order valence-corrected chi connectivity index (χ2v) is 11.9. The Balaban J connectivity index is 3.01. The Morgan fingerprint density at radius 3 is 2.19 bits per heavy atom. The first-order valence-electron chi connectivity index (χ1n) is 5.27. The second-order valence-electron chi connectivity index (χ2n) is 5.44. The summed E-state index contributed by atoms with van der Waals surface area (Å²) < 4.78 is 8.30. The maximum atomic E-state index is 6.24. The van der Waals surface area contributed by atoms with E-state index < -0.39 is 8.32 Å². The molecule has 0 saturated heterocycles. The van der Waals surface area contributed by atoms with Crippen molar-refractivity contribution in [2.24, 2.45) is 0 Å². The van der Waals surface area contributed by atoms with Crippen LogP contribution in [-0.4, -0.2) is 8.32 Å². The number of benzene rings is 1. The summed E-state index contributed by atoms with van der Waals surface area (Å²) in [5, 5.41) is 0.217. The lowest BCUT2D eigenvalue weighted by atomic mass is 10.2. The highest BCUT2D eigenvalue weighted by molar-refractivity contribution is 9.11. The quantitative estimate of drug-likeness (QED) is 0.620. The van der Waals surface area contributed by atoms with Crippen molar-refractivity contribution in [3.05, 3.63) is 27.1 Å². The van der Waals surface area contributed by atoms with Crippen LogP contribution in [0.4, 0.5) is 0 Å².